The van der Waals surface area contributed by atoms with E-state index >= 15 is 0 Å². The van der Waals surface area contributed by atoms with E-state index in [0.29, 0.717) is 21.5 Å². The Morgan fingerprint density at radius 3 is 2.70 bits per heavy atom. The van der Waals surface area contributed by atoms with Crippen LogP contribution in [0.15, 0.2) is 46.9 Å². The first-order valence-corrected chi connectivity index (χ1v) is 6.65. The first-order valence-electron chi connectivity index (χ1n) is 5.86. The highest BCUT2D eigenvalue weighted by Gasteiger charge is 2.12. The van der Waals surface area contributed by atoms with Crippen LogP contribution in [0.2, 0.25) is 0 Å². The van der Waals surface area contributed by atoms with Crippen molar-refractivity contribution in [1.29, 1.82) is 0 Å². The molecule has 0 spiro atoms. The lowest BCUT2D eigenvalue weighted by Crippen LogP contribution is -2.12. The molecule has 2 aromatic rings. The summed E-state index contributed by atoms with van der Waals surface area (Å²) in [5.74, 6) is 0.333. The number of ketones is 1. The monoisotopic (exact) mass is 338 g/mol. The summed E-state index contributed by atoms with van der Waals surface area (Å²) in [6, 6.07) is 11.1. The molecule has 5 heteroatoms. The van der Waals surface area contributed by atoms with Crippen LogP contribution in [0.25, 0.3) is 0 Å². The van der Waals surface area contributed by atoms with Gasteiger partial charge in [0.2, 0.25) is 5.78 Å². The normalized spacial score (nSPS) is 10.2. The average molecular weight is 339 g/mol. The van der Waals surface area contributed by atoms with Gasteiger partial charge >= 0.3 is 0 Å². The van der Waals surface area contributed by atoms with E-state index < -0.39 is 0 Å². The highest BCUT2D eigenvalue weighted by Crippen LogP contribution is 2.22. The molecule has 0 saturated heterocycles. The highest BCUT2D eigenvalue weighted by molar-refractivity contribution is 9.10. The molecule has 20 heavy (non-hydrogen) atoms. The molecule has 0 bridgehead atoms. The maximum Gasteiger partial charge on any atom is 0.203 e. The van der Waals surface area contributed by atoms with Crippen molar-refractivity contribution in [3.05, 3.63) is 58.3 Å². The van der Waals surface area contributed by atoms with Gasteiger partial charge in [-0.15, -0.1) is 0 Å². The number of hydrogen-bond acceptors (Lipinski definition) is 3. The van der Waals surface area contributed by atoms with Gasteiger partial charge in [0.25, 0.3) is 0 Å². The second-order valence-corrected chi connectivity index (χ2v) is 4.84. The molecule has 0 N–H and O–H groups in total. The van der Waals surface area contributed by atoms with Gasteiger partial charge in [-0.25, -0.2) is 4.39 Å². The quantitative estimate of drug-likeness (QED) is 0.776. The first-order chi connectivity index (χ1) is 9.61. The zero-order chi connectivity index (χ0) is 14.5. The molecule has 0 unspecified atom stereocenters. The summed E-state index contributed by atoms with van der Waals surface area (Å²) < 4.78 is 23.8. The van der Waals surface area contributed by atoms with Gasteiger partial charge in [-0.3, -0.25) is 4.79 Å². The number of methoxy groups -OCH3 is 1. The average Bonchev–Trinajstić information content (AvgIpc) is 2.48. The first kappa shape index (κ1) is 14.5. The second-order valence-electron chi connectivity index (χ2n) is 3.99. The summed E-state index contributed by atoms with van der Waals surface area (Å²) in [6.45, 7) is -0.140. The summed E-state index contributed by atoms with van der Waals surface area (Å²) >= 11 is 3.06. The third-order valence-corrected chi connectivity index (χ3v) is 3.28. The van der Waals surface area contributed by atoms with E-state index in [9.17, 15) is 9.18 Å². The standard InChI is InChI=1S/C15H12BrFO3/c1-19-15-5-3-2-4-11(15)14(18)9-20-10-6-7-13(17)12(16)8-10/h2-8H,9H2,1H3. The Kier molecular flexibility index (Phi) is 4.74. The van der Waals surface area contributed by atoms with Crippen molar-refractivity contribution in [2.24, 2.45) is 0 Å². The fraction of sp³-hybridized carbons (Fsp3) is 0.133. The maximum atomic E-state index is 13.1. The molecule has 3 nitrogen and oxygen atoms in total. The van der Waals surface area contributed by atoms with Crippen LogP contribution >= 0.6 is 15.9 Å². The minimum Gasteiger partial charge on any atom is -0.496 e. The van der Waals surface area contributed by atoms with Gasteiger partial charge in [0.15, 0.2) is 6.61 Å². The lowest BCUT2D eigenvalue weighted by atomic mass is 10.1. The Hall–Kier alpha value is -1.88. The van der Waals surface area contributed by atoms with E-state index in [1.54, 1.807) is 24.3 Å². The molecule has 0 heterocycles. The van der Waals surface area contributed by atoms with Crippen LogP contribution in [0, 0.1) is 5.82 Å². The largest absolute Gasteiger partial charge is 0.496 e. The Bertz CT molecular complexity index is 628. The van der Waals surface area contributed by atoms with E-state index in [1.165, 1.54) is 25.3 Å². The molecule has 0 atom stereocenters. The predicted molar refractivity (Wildman–Crippen MR) is 76.9 cm³/mol. The number of benzene rings is 2. The van der Waals surface area contributed by atoms with Crippen molar-refractivity contribution in [3.63, 3.8) is 0 Å². The molecule has 0 aliphatic heterocycles. The molecule has 2 rings (SSSR count). The van der Waals surface area contributed by atoms with Gasteiger partial charge in [0.1, 0.15) is 17.3 Å². The van der Waals surface area contributed by atoms with Crippen LogP contribution in [0.1, 0.15) is 10.4 Å². The van der Waals surface area contributed by atoms with Crippen molar-refractivity contribution in [2.75, 3.05) is 13.7 Å². The molecule has 0 fully saturated rings. The molecule has 0 aliphatic rings. The van der Waals surface area contributed by atoms with Crippen LogP contribution in [-0.4, -0.2) is 19.5 Å². The number of hydrogen-bond donors (Lipinski definition) is 0. The van der Waals surface area contributed by atoms with Gasteiger partial charge < -0.3 is 9.47 Å². The molecule has 104 valence electrons. The fourth-order valence-corrected chi connectivity index (χ4v) is 2.03. The summed E-state index contributed by atoms with van der Waals surface area (Å²) in [5, 5.41) is 0. The van der Waals surface area contributed by atoms with Crippen LogP contribution < -0.4 is 9.47 Å². The summed E-state index contributed by atoms with van der Waals surface area (Å²) in [7, 11) is 1.50. The molecule has 0 aromatic heterocycles. The van der Waals surface area contributed by atoms with E-state index in [2.05, 4.69) is 15.9 Å². The molecule has 0 amide bonds. The summed E-state index contributed by atoms with van der Waals surface area (Å²) in [5.41, 5.74) is 0.455. The lowest BCUT2D eigenvalue weighted by molar-refractivity contribution is 0.0918. The van der Waals surface area contributed by atoms with Crippen molar-refractivity contribution in [3.8, 4) is 11.5 Å². The van der Waals surface area contributed by atoms with Gasteiger partial charge in [0.05, 0.1) is 17.1 Å². The van der Waals surface area contributed by atoms with Crippen molar-refractivity contribution >= 4 is 21.7 Å². The number of rotatable bonds is 5. The Labute approximate surface area is 124 Å². The Balaban J connectivity index is 2.06. The Morgan fingerprint density at radius 2 is 2.00 bits per heavy atom. The lowest BCUT2D eigenvalue weighted by Gasteiger charge is -2.09. The van der Waals surface area contributed by atoms with Crippen molar-refractivity contribution in [2.45, 2.75) is 0 Å². The number of halogens is 2. The number of para-hydroxylation sites is 1. The third kappa shape index (κ3) is 3.36. The minimum absolute atomic E-state index is 0.140. The topological polar surface area (TPSA) is 35.5 Å². The zero-order valence-corrected chi connectivity index (χ0v) is 12.3. The highest BCUT2D eigenvalue weighted by atomic mass is 79.9. The van der Waals surface area contributed by atoms with Crippen molar-refractivity contribution in [1.82, 2.24) is 0 Å². The van der Waals surface area contributed by atoms with E-state index in [0.717, 1.165) is 0 Å². The molecule has 0 aliphatic carbocycles. The van der Waals surface area contributed by atoms with Crippen molar-refractivity contribution < 1.29 is 18.7 Å². The fourth-order valence-electron chi connectivity index (χ4n) is 1.67. The third-order valence-electron chi connectivity index (χ3n) is 2.67. The number of carbonyl (C=O) groups is 1. The number of Topliss-reactive ketones (excluding diaryl/α,β-unsaturated/α-hetero) is 1. The molecular weight excluding hydrogens is 327 g/mol. The van der Waals surface area contributed by atoms with Crippen LogP contribution in [0.3, 0.4) is 0 Å². The van der Waals surface area contributed by atoms with Gasteiger partial charge in [-0.2, -0.15) is 0 Å². The zero-order valence-electron chi connectivity index (χ0n) is 10.7. The number of carbonyl (C=O) groups excluding carboxylic acids is 1. The van der Waals surface area contributed by atoms with E-state index in [4.69, 9.17) is 9.47 Å². The maximum absolute atomic E-state index is 13.1. The smallest absolute Gasteiger partial charge is 0.203 e. The summed E-state index contributed by atoms with van der Waals surface area (Å²) in [4.78, 5) is 12.1. The summed E-state index contributed by atoms with van der Waals surface area (Å²) in [6.07, 6.45) is 0. The molecule has 2 aromatic carbocycles. The number of ether oxygens (including phenoxy) is 2. The van der Waals surface area contributed by atoms with Crippen LogP contribution in [0.5, 0.6) is 11.5 Å². The molecule has 0 radical (unpaired) electrons. The van der Waals surface area contributed by atoms with Gasteiger partial charge in [-0.1, -0.05) is 12.1 Å². The molecular formula is C15H12BrFO3. The SMILES string of the molecule is COc1ccccc1C(=O)COc1ccc(F)c(Br)c1. The van der Waals surface area contributed by atoms with Gasteiger partial charge in [-0.05, 0) is 46.3 Å². The van der Waals surface area contributed by atoms with E-state index in [1.807, 2.05) is 0 Å². The van der Waals surface area contributed by atoms with Crippen LogP contribution in [-0.2, 0) is 0 Å². The van der Waals surface area contributed by atoms with Crippen LogP contribution in [0.4, 0.5) is 4.39 Å². The Morgan fingerprint density at radius 1 is 1.25 bits per heavy atom. The minimum atomic E-state index is -0.381. The molecule has 0 saturated carbocycles. The van der Waals surface area contributed by atoms with E-state index in [-0.39, 0.29) is 18.2 Å². The predicted octanol–water partition coefficient (Wildman–Crippen LogP) is 3.86. The second kappa shape index (κ2) is 6.52. The van der Waals surface area contributed by atoms with Gasteiger partial charge in [0, 0.05) is 0 Å².